The van der Waals surface area contributed by atoms with Crippen LogP contribution in [0, 0.1) is 12.7 Å². The van der Waals surface area contributed by atoms with Gasteiger partial charge in [0.25, 0.3) is 0 Å². The Labute approximate surface area is 104 Å². The van der Waals surface area contributed by atoms with E-state index in [4.69, 9.17) is 4.74 Å². The molecule has 0 spiro atoms. The minimum absolute atomic E-state index is 0.121. The molecule has 0 bridgehead atoms. The van der Waals surface area contributed by atoms with Crippen LogP contribution in [-0.2, 0) is 4.74 Å². The second-order valence-corrected chi connectivity index (χ2v) is 4.42. The molecule has 0 aliphatic carbocycles. The first-order chi connectivity index (χ1) is 8.40. The van der Waals surface area contributed by atoms with Gasteiger partial charge in [0, 0.05) is 17.1 Å². The van der Waals surface area contributed by atoms with Crippen molar-refractivity contribution in [2.45, 2.75) is 26.9 Å². The van der Waals surface area contributed by atoms with Crippen LogP contribution in [0.2, 0.25) is 0 Å². The Kier molecular flexibility index (Phi) is 2.98. The summed E-state index contributed by atoms with van der Waals surface area (Å²) in [7, 11) is 0. The molecule has 0 radical (unpaired) electrons. The van der Waals surface area contributed by atoms with Gasteiger partial charge in [0.1, 0.15) is 5.75 Å². The normalized spacial score (nSPS) is 11.2. The highest BCUT2D eigenvalue weighted by Gasteiger charge is 2.18. The minimum atomic E-state index is -0.654. The summed E-state index contributed by atoms with van der Waals surface area (Å²) in [5.74, 6) is -0.826. The molecule has 2 aromatic rings. The van der Waals surface area contributed by atoms with Crippen LogP contribution < -0.4 is 0 Å². The van der Waals surface area contributed by atoms with Crippen LogP contribution in [0.15, 0.2) is 18.2 Å². The van der Waals surface area contributed by atoms with Crippen molar-refractivity contribution in [2.75, 3.05) is 0 Å². The summed E-state index contributed by atoms with van der Waals surface area (Å²) in [5.41, 5.74) is 0.677. The van der Waals surface area contributed by atoms with Gasteiger partial charge >= 0.3 is 6.09 Å². The van der Waals surface area contributed by atoms with Crippen molar-refractivity contribution in [3.8, 4) is 5.75 Å². The number of nitrogens with zero attached hydrogens (tertiary/aromatic N) is 1. The van der Waals surface area contributed by atoms with Crippen LogP contribution in [0.25, 0.3) is 10.9 Å². The molecule has 0 fully saturated rings. The van der Waals surface area contributed by atoms with E-state index in [0.717, 1.165) is 6.07 Å². The molecule has 1 aromatic carbocycles. The highest BCUT2D eigenvalue weighted by molar-refractivity contribution is 5.92. The third kappa shape index (κ3) is 2.03. The van der Waals surface area contributed by atoms with E-state index >= 15 is 0 Å². The summed E-state index contributed by atoms with van der Waals surface area (Å²) in [6, 6.07) is 4.01. The van der Waals surface area contributed by atoms with E-state index in [9.17, 15) is 14.3 Å². The number of aryl methyl sites for hydroxylation is 1. The van der Waals surface area contributed by atoms with Crippen molar-refractivity contribution in [3.05, 3.63) is 29.7 Å². The monoisotopic (exact) mass is 251 g/mol. The van der Waals surface area contributed by atoms with Crippen LogP contribution in [-0.4, -0.2) is 21.9 Å². The van der Waals surface area contributed by atoms with Crippen molar-refractivity contribution >= 4 is 17.0 Å². The van der Waals surface area contributed by atoms with E-state index in [1.54, 1.807) is 26.8 Å². The van der Waals surface area contributed by atoms with Crippen molar-refractivity contribution in [3.63, 3.8) is 0 Å². The number of carbonyl (C=O) groups is 1. The zero-order valence-electron chi connectivity index (χ0n) is 10.4. The Morgan fingerprint density at radius 1 is 1.39 bits per heavy atom. The molecule has 1 N–H and O–H groups in total. The number of ether oxygens (including phenoxy) is 1. The Hall–Kier alpha value is -2.04. The van der Waals surface area contributed by atoms with Gasteiger partial charge in [0.05, 0.1) is 11.6 Å². The number of aromatic nitrogens is 1. The van der Waals surface area contributed by atoms with Crippen molar-refractivity contribution in [2.24, 2.45) is 0 Å². The van der Waals surface area contributed by atoms with Gasteiger partial charge in [-0.25, -0.2) is 13.8 Å². The number of rotatable bonds is 1. The molecule has 0 saturated carbocycles. The first kappa shape index (κ1) is 12.4. The van der Waals surface area contributed by atoms with E-state index < -0.39 is 11.9 Å². The first-order valence-electron chi connectivity index (χ1n) is 5.61. The smallest absolute Gasteiger partial charge is 0.419 e. The molecule has 0 aliphatic heterocycles. The lowest BCUT2D eigenvalue weighted by Gasteiger charge is -2.11. The largest absolute Gasteiger partial charge is 0.508 e. The van der Waals surface area contributed by atoms with Gasteiger partial charge in [0.15, 0.2) is 5.82 Å². The van der Waals surface area contributed by atoms with Crippen LogP contribution in [0.5, 0.6) is 5.75 Å². The molecule has 1 heterocycles. The Morgan fingerprint density at radius 2 is 2.06 bits per heavy atom. The molecule has 96 valence electrons. The van der Waals surface area contributed by atoms with E-state index in [0.29, 0.717) is 11.1 Å². The second-order valence-electron chi connectivity index (χ2n) is 4.42. The van der Waals surface area contributed by atoms with Gasteiger partial charge < -0.3 is 9.84 Å². The lowest BCUT2D eigenvalue weighted by Crippen LogP contribution is -2.19. The Balaban J connectivity index is 2.63. The molecule has 0 atom stereocenters. The number of hydrogen-bond donors (Lipinski definition) is 1. The number of carbonyl (C=O) groups excluding carboxylic acids is 1. The highest BCUT2D eigenvalue weighted by atomic mass is 19.1. The first-order valence-corrected chi connectivity index (χ1v) is 5.61. The quantitative estimate of drug-likeness (QED) is 0.846. The number of hydrogen-bond acceptors (Lipinski definition) is 3. The highest BCUT2D eigenvalue weighted by Crippen LogP contribution is 2.27. The van der Waals surface area contributed by atoms with E-state index in [1.165, 1.54) is 10.6 Å². The number of benzene rings is 1. The molecule has 0 saturated heterocycles. The van der Waals surface area contributed by atoms with Gasteiger partial charge in [-0.3, -0.25) is 0 Å². The lowest BCUT2D eigenvalue weighted by molar-refractivity contribution is 0.117. The predicted molar refractivity (Wildman–Crippen MR) is 65.3 cm³/mol. The average Bonchev–Trinajstić information content (AvgIpc) is 2.53. The number of phenolic OH excluding ortho intramolecular Hbond substituents is 1. The zero-order chi connectivity index (χ0) is 13.4. The third-order valence-electron chi connectivity index (χ3n) is 2.54. The fraction of sp³-hybridized carbons (Fsp3) is 0.308. The van der Waals surface area contributed by atoms with Gasteiger partial charge in [-0.1, -0.05) is 0 Å². The predicted octanol–water partition coefficient (Wildman–Crippen LogP) is 3.19. The SMILES string of the molecule is Cc1cc2cc(O)cc(F)c2n1C(=O)OC(C)C. The van der Waals surface area contributed by atoms with E-state index in [-0.39, 0.29) is 17.4 Å². The maximum atomic E-state index is 13.8. The number of fused-ring (bicyclic) bond motifs is 1. The van der Waals surface area contributed by atoms with E-state index in [1.807, 2.05) is 0 Å². The van der Waals surface area contributed by atoms with Gasteiger partial charge in [-0.15, -0.1) is 0 Å². The maximum absolute atomic E-state index is 13.8. The molecular weight excluding hydrogens is 237 g/mol. The van der Waals surface area contributed by atoms with E-state index in [2.05, 4.69) is 0 Å². The molecule has 5 heteroatoms. The summed E-state index contributed by atoms with van der Waals surface area (Å²) in [6.45, 7) is 5.13. The molecular formula is C13H14FNO3. The van der Waals surface area contributed by atoms with Crippen LogP contribution >= 0.6 is 0 Å². The number of phenols is 1. The second kappa shape index (κ2) is 4.33. The molecule has 4 nitrogen and oxygen atoms in total. The summed E-state index contributed by atoms with van der Waals surface area (Å²) in [5, 5.41) is 9.79. The molecule has 0 aliphatic rings. The molecule has 18 heavy (non-hydrogen) atoms. The van der Waals surface area contributed by atoms with Crippen LogP contribution in [0.4, 0.5) is 9.18 Å². The van der Waals surface area contributed by atoms with Crippen LogP contribution in [0.3, 0.4) is 0 Å². The molecule has 0 amide bonds. The van der Waals surface area contributed by atoms with Gasteiger partial charge in [-0.2, -0.15) is 0 Å². The maximum Gasteiger partial charge on any atom is 0.419 e. The average molecular weight is 251 g/mol. The standard InChI is InChI=1S/C13H14FNO3/c1-7(2)18-13(17)15-8(3)4-9-5-10(16)6-11(14)12(9)15/h4-7,16H,1-3H3. The Bertz CT molecular complexity index is 616. The summed E-state index contributed by atoms with van der Waals surface area (Å²) >= 11 is 0. The molecule has 1 aromatic heterocycles. The van der Waals surface area contributed by atoms with Crippen molar-refractivity contribution < 1.29 is 19.0 Å². The topological polar surface area (TPSA) is 51.5 Å². The number of aromatic hydroxyl groups is 1. The van der Waals surface area contributed by atoms with Crippen LogP contribution in [0.1, 0.15) is 19.5 Å². The fourth-order valence-corrected chi connectivity index (χ4v) is 1.91. The van der Waals surface area contributed by atoms with Crippen molar-refractivity contribution in [1.29, 1.82) is 0 Å². The number of halogens is 1. The van der Waals surface area contributed by atoms with Gasteiger partial charge in [-0.05, 0) is 32.9 Å². The lowest BCUT2D eigenvalue weighted by atomic mass is 10.2. The molecule has 2 rings (SSSR count). The molecule has 0 unspecified atom stereocenters. The summed E-state index contributed by atoms with van der Waals surface area (Å²) < 4.78 is 20.1. The van der Waals surface area contributed by atoms with Crippen molar-refractivity contribution in [1.82, 2.24) is 4.57 Å². The zero-order valence-corrected chi connectivity index (χ0v) is 10.4. The minimum Gasteiger partial charge on any atom is -0.508 e. The summed E-state index contributed by atoms with van der Waals surface area (Å²) in [4.78, 5) is 11.9. The Morgan fingerprint density at radius 3 is 2.67 bits per heavy atom. The fourth-order valence-electron chi connectivity index (χ4n) is 1.91. The third-order valence-corrected chi connectivity index (χ3v) is 2.54. The summed E-state index contributed by atoms with van der Waals surface area (Å²) in [6.07, 6.45) is -0.906. The van der Waals surface area contributed by atoms with Gasteiger partial charge in [0.2, 0.25) is 0 Å².